The summed E-state index contributed by atoms with van der Waals surface area (Å²) in [4.78, 5) is 30.4. The van der Waals surface area contributed by atoms with Gasteiger partial charge in [-0.15, -0.1) is 0 Å². The standard InChI is InChI=1S/C23H21F2N3O2/c24-19-6-1-16(2-7-19)22(17-3-8-20(25)9-4-17)27-11-13-28(14-12-27)23(30)18-5-10-21(29)26-15-18/h1-10,15,22H,11-14H2,(H,26,29). The first-order valence-electron chi connectivity index (χ1n) is 9.74. The molecule has 1 aliphatic heterocycles. The van der Waals surface area contributed by atoms with Gasteiger partial charge in [-0.05, 0) is 41.5 Å². The largest absolute Gasteiger partial charge is 0.336 e. The summed E-state index contributed by atoms with van der Waals surface area (Å²) in [6, 6.07) is 15.3. The van der Waals surface area contributed by atoms with Crippen LogP contribution < -0.4 is 5.56 Å². The zero-order chi connectivity index (χ0) is 21.1. The van der Waals surface area contributed by atoms with E-state index in [9.17, 15) is 18.4 Å². The van der Waals surface area contributed by atoms with Crippen LogP contribution in [0.4, 0.5) is 8.78 Å². The van der Waals surface area contributed by atoms with E-state index in [4.69, 9.17) is 0 Å². The summed E-state index contributed by atoms with van der Waals surface area (Å²) >= 11 is 0. The van der Waals surface area contributed by atoms with Crippen LogP contribution in [0.25, 0.3) is 0 Å². The first-order valence-corrected chi connectivity index (χ1v) is 9.74. The van der Waals surface area contributed by atoms with Gasteiger partial charge in [-0.2, -0.15) is 0 Å². The Kier molecular flexibility index (Phi) is 5.72. The van der Waals surface area contributed by atoms with E-state index in [1.165, 1.54) is 42.6 Å². The van der Waals surface area contributed by atoms with Gasteiger partial charge in [-0.25, -0.2) is 8.78 Å². The van der Waals surface area contributed by atoms with Crippen LogP contribution in [0.5, 0.6) is 0 Å². The number of aromatic nitrogens is 1. The van der Waals surface area contributed by atoms with Crippen LogP contribution in [0.3, 0.4) is 0 Å². The van der Waals surface area contributed by atoms with E-state index in [1.807, 2.05) is 0 Å². The number of carbonyl (C=O) groups is 1. The van der Waals surface area contributed by atoms with E-state index in [1.54, 1.807) is 29.2 Å². The highest BCUT2D eigenvalue weighted by Gasteiger charge is 2.28. The molecule has 4 rings (SSSR count). The van der Waals surface area contributed by atoms with Crippen molar-refractivity contribution >= 4 is 5.91 Å². The molecule has 0 radical (unpaired) electrons. The third-order valence-corrected chi connectivity index (χ3v) is 5.37. The fourth-order valence-electron chi connectivity index (χ4n) is 3.81. The number of rotatable bonds is 4. The number of carbonyl (C=O) groups excluding carboxylic acids is 1. The molecule has 1 aromatic heterocycles. The van der Waals surface area contributed by atoms with Gasteiger partial charge in [0.15, 0.2) is 0 Å². The monoisotopic (exact) mass is 409 g/mol. The second-order valence-corrected chi connectivity index (χ2v) is 7.28. The van der Waals surface area contributed by atoms with E-state index in [2.05, 4.69) is 9.88 Å². The average Bonchev–Trinajstić information content (AvgIpc) is 2.77. The van der Waals surface area contributed by atoms with E-state index in [0.29, 0.717) is 31.7 Å². The smallest absolute Gasteiger partial charge is 0.255 e. The lowest BCUT2D eigenvalue weighted by Crippen LogP contribution is -2.50. The molecule has 0 saturated carbocycles. The predicted molar refractivity (Wildman–Crippen MR) is 109 cm³/mol. The van der Waals surface area contributed by atoms with Crippen molar-refractivity contribution in [1.29, 1.82) is 0 Å². The minimum Gasteiger partial charge on any atom is -0.336 e. The molecule has 30 heavy (non-hydrogen) atoms. The first-order chi connectivity index (χ1) is 14.5. The molecule has 1 N–H and O–H groups in total. The summed E-state index contributed by atoms with van der Waals surface area (Å²) in [6.07, 6.45) is 1.43. The Labute approximate surface area is 172 Å². The Bertz CT molecular complexity index is 1010. The summed E-state index contributed by atoms with van der Waals surface area (Å²) < 4.78 is 26.9. The number of pyridine rings is 1. The molecular weight excluding hydrogens is 388 g/mol. The van der Waals surface area contributed by atoms with Gasteiger partial charge in [0.25, 0.3) is 5.91 Å². The molecule has 0 bridgehead atoms. The molecule has 1 amide bonds. The number of hydrogen-bond donors (Lipinski definition) is 1. The Morgan fingerprint density at radius 1 is 0.800 bits per heavy atom. The summed E-state index contributed by atoms with van der Waals surface area (Å²) in [6.45, 7) is 2.23. The van der Waals surface area contributed by atoms with Crippen LogP contribution in [-0.2, 0) is 0 Å². The van der Waals surface area contributed by atoms with E-state index >= 15 is 0 Å². The van der Waals surface area contributed by atoms with Gasteiger partial charge in [0, 0.05) is 38.4 Å². The van der Waals surface area contributed by atoms with Crippen molar-refractivity contribution in [3.8, 4) is 0 Å². The molecule has 3 aromatic rings. The maximum atomic E-state index is 13.4. The van der Waals surface area contributed by atoms with Crippen LogP contribution in [0.1, 0.15) is 27.5 Å². The molecule has 0 spiro atoms. The molecule has 1 aliphatic rings. The van der Waals surface area contributed by atoms with Crippen molar-refractivity contribution in [2.75, 3.05) is 26.2 Å². The van der Waals surface area contributed by atoms with Gasteiger partial charge in [-0.1, -0.05) is 24.3 Å². The van der Waals surface area contributed by atoms with Gasteiger partial charge in [-0.3, -0.25) is 14.5 Å². The van der Waals surface area contributed by atoms with Gasteiger partial charge in [0.2, 0.25) is 5.56 Å². The van der Waals surface area contributed by atoms with Crippen LogP contribution in [0.2, 0.25) is 0 Å². The number of amides is 1. The molecule has 154 valence electrons. The number of hydrogen-bond acceptors (Lipinski definition) is 3. The summed E-state index contributed by atoms with van der Waals surface area (Å²) in [7, 11) is 0. The van der Waals surface area contributed by atoms with Crippen LogP contribution in [-0.4, -0.2) is 46.9 Å². The highest BCUT2D eigenvalue weighted by molar-refractivity contribution is 5.93. The van der Waals surface area contributed by atoms with Gasteiger partial charge in [0.05, 0.1) is 11.6 Å². The first kappa shape index (κ1) is 20.0. The number of H-pyrrole nitrogens is 1. The number of aromatic amines is 1. The molecule has 0 atom stereocenters. The second-order valence-electron chi connectivity index (χ2n) is 7.28. The predicted octanol–water partition coefficient (Wildman–Crippen LogP) is 3.20. The SMILES string of the molecule is O=C(c1ccc(=O)[nH]c1)N1CCN(C(c2ccc(F)cc2)c2ccc(F)cc2)CC1. The van der Waals surface area contributed by atoms with E-state index in [-0.39, 0.29) is 29.1 Å². The van der Waals surface area contributed by atoms with Crippen LogP contribution in [0, 0.1) is 11.6 Å². The molecular formula is C23H21F2N3O2. The molecule has 0 unspecified atom stereocenters. The topological polar surface area (TPSA) is 56.4 Å². The number of nitrogens with one attached hydrogen (secondary N) is 1. The summed E-state index contributed by atoms with van der Waals surface area (Å²) in [5.41, 5.74) is 2.00. The number of halogens is 2. The van der Waals surface area contributed by atoms with Crippen molar-refractivity contribution in [1.82, 2.24) is 14.8 Å². The van der Waals surface area contributed by atoms with Crippen molar-refractivity contribution in [2.45, 2.75) is 6.04 Å². The van der Waals surface area contributed by atoms with Gasteiger partial charge >= 0.3 is 0 Å². The van der Waals surface area contributed by atoms with Crippen molar-refractivity contribution in [2.24, 2.45) is 0 Å². The molecule has 0 aliphatic carbocycles. The van der Waals surface area contributed by atoms with Crippen molar-refractivity contribution in [3.05, 3.63) is 106 Å². The molecule has 1 fully saturated rings. The van der Waals surface area contributed by atoms with E-state index in [0.717, 1.165) is 11.1 Å². The summed E-state index contributed by atoms with van der Waals surface area (Å²) in [5, 5.41) is 0. The molecule has 7 heteroatoms. The molecule has 1 saturated heterocycles. The highest BCUT2D eigenvalue weighted by atomic mass is 19.1. The van der Waals surface area contributed by atoms with Gasteiger partial charge < -0.3 is 9.88 Å². The summed E-state index contributed by atoms with van der Waals surface area (Å²) in [5.74, 6) is -0.758. The molecule has 2 aromatic carbocycles. The second kappa shape index (κ2) is 8.59. The highest BCUT2D eigenvalue weighted by Crippen LogP contribution is 2.30. The minimum atomic E-state index is -0.312. The Morgan fingerprint density at radius 3 is 1.80 bits per heavy atom. The van der Waals surface area contributed by atoms with Gasteiger partial charge in [0.1, 0.15) is 11.6 Å². The fraction of sp³-hybridized carbons (Fsp3) is 0.217. The van der Waals surface area contributed by atoms with Crippen LogP contribution >= 0.6 is 0 Å². The Hall–Kier alpha value is -3.32. The fourth-order valence-corrected chi connectivity index (χ4v) is 3.81. The third-order valence-electron chi connectivity index (χ3n) is 5.37. The Balaban J connectivity index is 1.53. The number of nitrogens with zero attached hydrogens (tertiary/aromatic N) is 2. The maximum absolute atomic E-state index is 13.4. The third kappa shape index (κ3) is 4.31. The van der Waals surface area contributed by atoms with E-state index < -0.39 is 0 Å². The maximum Gasteiger partial charge on any atom is 0.255 e. The molecule has 2 heterocycles. The zero-order valence-electron chi connectivity index (χ0n) is 16.2. The Morgan fingerprint density at radius 2 is 1.33 bits per heavy atom. The van der Waals surface area contributed by atoms with Crippen LogP contribution in [0.15, 0.2) is 71.7 Å². The molecule has 5 nitrogen and oxygen atoms in total. The lowest BCUT2D eigenvalue weighted by molar-refractivity contribution is 0.0597. The number of benzene rings is 2. The average molecular weight is 409 g/mol. The van der Waals surface area contributed by atoms with Crippen molar-refractivity contribution in [3.63, 3.8) is 0 Å². The number of piperazine rings is 1. The van der Waals surface area contributed by atoms with Crippen molar-refractivity contribution < 1.29 is 13.6 Å². The lowest BCUT2D eigenvalue weighted by atomic mass is 9.96. The zero-order valence-corrected chi connectivity index (χ0v) is 16.2. The normalized spacial score (nSPS) is 14.8. The minimum absolute atomic E-state index is 0.133. The lowest BCUT2D eigenvalue weighted by Gasteiger charge is -2.39. The quantitative estimate of drug-likeness (QED) is 0.720.